The van der Waals surface area contributed by atoms with Gasteiger partial charge in [-0.15, -0.1) is 0 Å². The topological polar surface area (TPSA) is 40.5 Å². The summed E-state index contributed by atoms with van der Waals surface area (Å²) in [5, 5.41) is 16.8. The molecule has 0 amide bonds. The molecule has 0 aliphatic rings. The van der Waals surface area contributed by atoms with E-state index in [9.17, 15) is 0 Å². The molecule has 0 saturated heterocycles. The van der Waals surface area contributed by atoms with Gasteiger partial charge in [-0.25, -0.2) is 0 Å². The smallest absolute Gasteiger partial charge is 0.101 e. The van der Waals surface area contributed by atoms with E-state index in [2.05, 4.69) is 42.3 Å². The molecule has 0 aliphatic carbocycles. The Hall–Kier alpha value is 1.93. The van der Waals surface area contributed by atoms with Crippen LogP contribution in [0, 0.1) is 0 Å². The summed E-state index contributed by atoms with van der Waals surface area (Å²) < 4.78 is 1.69. The van der Waals surface area contributed by atoms with Gasteiger partial charge in [-0.1, -0.05) is 0 Å². The molecule has 4 nitrogen and oxygen atoms in total. The third-order valence-electron chi connectivity index (χ3n) is 1.54. The maximum absolute atomic E-state index is 8.39. The van der Waals surface area contributed by atoms with Gasteiger partial charge in [-0.3, -0.25) is 0 Å². The minimum Gasteiger partial charge on any atom is -2.00 e. The van der Waals surface area contributed by atoms with Gasteiger partial charge < -0.3 is 73.2 Å². The molecule has 0 heterocycles. The average molecular weight is 520 g/mol. The maximum atomic E-state index is 8.39. The van der Waals surface area contributed by atoms with E-state index in [0.717, 1.165) is 22.1 Å². The minimum atomic E-state index is 0. The zero-order valence-electron chi connectivity index (χ0n) is 12.7. The number of nitrogens with zero attached hydrogens (tertiary/aromatic N) is 2. The summed E-state index contributed by atoms with van der Waals surface area (Å²) in [7, 11) is 12.3. The van der Waals surface area contributed by atoms with Gasteiger partial charge in [-0.2, -0.15) is 0 Å². The largest absolute Gasteiger partial charge is 2.00 e. The summed E-state index contributed by atoms with van der Waals surface area (Å²) >= 11 is 0. The number of hydrogen-bond acceptors (Lipinski definition) is 2. The second-order valence-corrected chi connectivity index (χ2v) is 5.48. The van der Waals surface area contributed by atoms with Crippen molar-refractivity contribution in [2.75, 3.05) is 68.6 Å². The Morgan fingerprint density at radius 2 is 0.737 bits per heavy atom. The molecule has 126 valence electrons. The fourth-order valence-electron chi connectivity index (χ4n) is 0.600. The van der Waals surface area contributed by atoms with Crippen LogP contribution < -0.4 is 0 Å². The number of rotatable bonds is 4. The van der Waals surface area contributed by atoms with Gasteiger partial charge in [0.2, 0.25) is 0 Å². The molecular formula is C10H28N2O2S4W-6. The Morgan fingerprint density at radius 1 is 0.579 bits per heavy atom. The van der Waals surface area contributed by atoms with Gasteiger partial charge in [0.05, 0.1) is 55.5 Å². The quantitative estimate of drug-likeness (QED) is 0.485. The van der Waals surface area contributed by atoms with Crippen molar-refractivity contribution in [1.82, 2.24) is 0 Å². The second kappa shape index (κ2) is 22.2. The van der Waals surface area contributed by atoms with Crippen LogP contribution in [0.3, 0.4) is 0 Å². The second-order valence-electron chi connectivity index (χ2n) is 5.48. The van der Waals surface area contributed by atoms with Crippen molar-refractivity contribution in [3.05, 3.63) is 0 Å². The van der Waals surface area contributed by atoms with E-state index >= 15 is 0 Å². The van der Waals surface area contributed by atoms with E-state index in [-0.39, 0.29) is 88.3 Å². The first-order valence-electron chi connectivity index (χ1n) is 4.95. The third kappa shape index (κ3) is 65.0. The molecule has 0 aromatic rings. The van der Waals surface area contributed by atoms with E-state index < -0.39 is 0 Å². The molecule has 0 aromatic carbocycles. The summed E-state index contributed by atoms with van der Waals surface area (Å²) in [5.41, 5.74) is 0. The molecular weight excluding hydrogens is 492 g/mol. The summed E-state index contributed by atoms with van der Waals surface area (Å²) in [5.74, 6) is 0. The van der Waals surface area contributed by atoms with Crippen LogP contribution in [-0.2, 0) is 75.0 Å². The zero-order chi connectivity index (χ0) is 11.8. The summed E-state index contributed by atoms with van der Waals surface area (Å²) in [6.07, 6.45) is 0. The van der Waals surface area contributed by atoms with Crippen LogP contribution in [0.2, 0.25) is 0 Å². The Kier molecular flexibility index (Phi) is 50.1. The van der Waals surface area contributed by atoms with Crippen LogP contribution in [0.15, 0.2) is 0 Å². The van der Waals surface area contributed by atoms with Crippen molar-refractivity contribution >= 4 is 54.0 Å². The molecule has 0 aromatic heterocycles. The molecule has 9 heteroatoms. The predicted octanol–water partition coefficient (Wildman–Crippen LogP) is -0.642. The van der Waals surface area contributed by atoms with Gasteiger partial charge in [-0.05, 0) is 0 Å². The van der Waals surface area contributed by atoms with E-state index in [0.29, 0.717) is 0 Å². The average Bonchev–Trinajstić information content (AvgIpc) is 1.81. The van der Waals surface area contributed by atoms with E-state index in [1.165, 1.54) is 0 Å². The van der Waals surface area contributed by atoms with Crippen LogP contribution in [0.25, 0.3) is 0 Å². The van der Waals surface area contributed by atoms with Crippen molar-refractivity contribution < 1.29 is 40.2 Å². The van der Waals surface area contributed by atoms with Gasteiger partial charge in [0.25, 0.3) is 0 Å². The first kappa shape index (κ1) is 42.8. The van der Waals surface area contributed by atoms with E-state index in [4.69, 9.17) is 10.2 Å². The zero-order valence-corrected chi connectivity index (χ0v) is 18.9. The number of aliphatic hydroxyl groups is 2. The Bertz CT molecular complexity index is 128. The van der Waals surface area contributed by atoms with Gasteiger partial charge in [0, 0.05) is 21.1 Å². The predicted molar refractivity (Wildman–Crippen MR) is 89.4 cm³/mol. The first-order valence-corrected chi connectivity index (χ1v) is 4.95. The van der Waals surface area contributed by atoms with Gasteiger partial charge in [0.1, 0.15) is 13.1 Å². The summed E-state index contributed by atoms with van der Waals surface area (Å²) in [6, 6.07) is 0. The van der Waals surface area contributed by atoms with Gasteiger partial charge in [0.15, 0.2) is 0 Å². The fraction of sp³-hybridized carbons (Fsp3) is 1.00. The third-order valence-corrected chi connectivity index (χ3v) is 1.54. The Balaban J connectivity index is -0.0000000240. The molecule has 0 saturated carbocycles. The molecule has 2 N–H and O–H groups in total. The standard InChI is InChI=1S/2C5H14NO.4S.W/c2*1-6(2,3)4-5-7;;;;;/h2*7H,4-5H2,1-3H3;;;;;/q2*+1;4*-2;. The molecule has 0 unspecified atom stereocenters. The monoisotopic (exact) mass is 520 g/mol. The molecule has 0 aliphatic heterocycles. The molecule has 0 bridgehead atoms. The summed E-state index contributed by atoms with van der Waals surface area (Å²) in [4.78, 5) is 0. The summed E-state index contributed by atoms with van der Waals surface area (Å²) in [6.45, 7) is 2.23. The molecule has 0 fully saturated rings. The van der Waals surface area contributed by atoms with Crippen LogP contribution >= 0.6 is 0 Å². The van der Waals surface area contributed by atoms with Crippen molar-refractivity contribution in [2.45, 2.75) is 0 Å². The number of quaternary nitrogens is 2. The molecule has 19 heavy (non-hydrogen) atoms. The molecule has 0 rings (SSSR count). The van der Waals surface area contributed by atoms with Crippen LogP contribution in [-0.4, -0.2) is 87.8 Å². The van der Waals surface area contributed by atoms with Crippen molar-refractivity contribution in [3.8, 4) is 0 Å². The molecule has 0 radical (unpaired) electrons. The van der Waals surface area contributed by atoms with Crippen LogP contribution in [0.5, 0.6) is 0 Å². The first-order chi connectivity index (χ1) is 6.12. The van der Waals surface area contributed by atoms with Gasteiger partial charge >= 0.3 is 0 Å². The van der Waals surface area contributed by atoms with Crippen LogP contribution in [0.1, 0.15) is 0 Å². The number of likely N-dealkylation sites (N-methyl/N-ethyl adjacent to an activating group) is 2. The van der Waals surface area contributed by atoms with E-state index in [1.54, 1.807) is 0 Å². The fourth-order valence-corrected chi connectivity index (χ4v) is 0.600. The Morgan fingerprint density at radius 3 is 0.737 bits per heavy atom. The molecule has 0 spiro atoms. The minimum absolute atomic E-state index is 0. The normalized spacial score (nSPS) is 8.84. The number of aliphatic hydroxyl groups excluding tert-OH is 2. The van der Waals surface area contributed by atoms with Crippen molar-refractivity contribution in [3.63, 3.8) is 0 Å². The molecule has 0 atom stereocenters. The van der Waals surface area contributed by atoms with E-state index in [1.807, 2.05) is 0 Å². The maximum Gasteiger partial charge on any atom is 0.101 e. The van der Waals surface area contributed by atoms with Crippen LogP contribution in [0.4, 0.5) is 0 Å². The van der Waals surface area contributed by atoms with Crippen molar-refractivity contribution in [2.24, 2.45) is 0 Å². The Labute approximate surface area is 162 Å². The number of hydrogen-bond donors (Lipinski definition) is 2. The van der Waals surface area contributed by atoms with Crippen molar-refractivity contribution in [1.29, 1.82) is 0 Å². The SMILES string of the molecule is C[N+](C)(C)CCO.C[N+](C)(C)CCO.[S-2].[S-2].[S-2].[S-2].[W].